The first-order valence-corrected chi connectivity index (χ1v) is 5.05. The van der Waals surface area contributed by atoms with Gasteiger partial charge in [0.05, 0.1) is 0 Å². The topological polar surface area (TPSA) is 43.1 Å². The van der Waals surface area contributed by atoms with E-state index in [4.69, 9.17) is 5.73 Å². The summed E-state index contributed by atoms with van der Waals surface area (Å²) in [4.78, 5) is 11.6. The van der Waals surface area contributed by atoms with E-state index in [0.717, 1.165) is 0 Å². The maximum absolute atomic E-state index is 11.8. The first kappa shape index (κ1) is 14.4. The molecule has 0 aromatic rings. The fourth-order valence-electron chi connectivity index (χ4n) is 1.21. The van der Waals surface area contributed by atoms with Crippen LogP contribution in [-0.4, -0.2) is 18.5 Å². The average molecular weight is 225 g/mol. The van der Waals surface area contributed by atoms with Crippen molar-refractivity contribution in [2.75, 3.05) is 6.54 Å². The highest BCUT2D eigenvalue weighted by atomic mass is 19.4. The van der Waals surface area contributed by atoms with Gasteiger partial charge in [-0.05, 0) is 12.8 Å². The van der Waals surface area contributed by atoms with E-state index in [1.807, 2.05) is 6.92 Å². The summed E-state index contributed by atoms with van der Waals surface area (Å²) in [6.07, 6.45) is -4.69. The zero-order valence-corrected chi connectivity index (χ0v) is 9.16. The van der Waals surface area contributed by atoms with E-state index in [9.17, 15) is 18.0 Å². The number of nitrogens with two attached hydrogens (primary N) is 1. The maximum Gasteiger partial charge on any atom is 0.389 e. The fourth-order valence-corrected chi connectivity index (χ4v) is 1.21. The van der Waals surface area contributed by atoms with Crippen LogP contribution in [0.5, 0.6) is 0 Å². The van der Waals surface area contributed by atoms with Crippen molar-refractivity contribution in [3.63, 3.8) is 0 Å². The Morgan fingerprint density at radius 3 is 2.20 bits per heavy atom. The van der Waals surface area contributed by atoms with Crippen molar-refractivity contribution in [3.05, 3.63) is 0 Å². The first-order valence-electron chi connectivity index (χ1n) is 5.05. The molecule has 1 unspecified atom stereocenters. The van der Waals surface area contributed by atoms with Crippen molar-refractivity contribution < 1.29 is 18.0 Å². The van der Waals surface area contributed by atoms with Crippen molar-refractivity contribution in [1.82, 2.24) is 0 Å². The van der Waals surface area contributed by atoms with Crippen LogP contribution in [0.3, 0.4) is 0 Å². The van der Waals surface area contributed by atoms with Gasteiger partial charge in [0, 0.05) is 24.8 Å². The van der Waals surface area contributed by atoms with Gasteiger partial charge in [0.25, 0.3) is 0 Å². The molecule has 15 heavy (non-hydrogen) atoms. The molecule has 0 aliphatic carbocycles. The zero-order valence-electron chi connectivity index (χ0n) is 9.16. The number of alkyl halides is 3. The van der Waals surface area contributed by atoms with Crippen molar-refractivity contribution in [2.45, 2.75) is 45.7 Å². The highest BCUT2D eigenvalue weighted by Crippen LogP contribution is 2.26. The Labute approximate surface area is 88.0 Å². The lowest BCUT2D eigenvalue weighted by molar-refractivity contribution is -0.138. The third-order valence-corrected chi connectivity index (χ3v) is 2.77. The number of ketones is 1. The number of hydrogen-bond donors (Lipinski definition) is 1. The molecule has 0 heterocycles. The smallest absolute Gasteiger partial charge is 0.329 e. The number of carbonyl (C=O) groups is 1. The van der Waals surface area contributed by atoms with Crippen LogP contribution >= 0.6 is 0 Å². The minimum Gasteiger partial charge on any atom is -0.329 e. The Hall–Kier alpha value is -0.580. The molecule has 0 aliphatic heterocycles. The third-order valence-electron chi connectivity index (χ3n) is 2.77. The molecule has 0 aliphatic rings. The number of halogens is 3. The summed E-state index contributed by atoms with van der Waals surface area (Å²) in [5, 5.41) is 0. The Morgan fingerprint density at radius 1 is 1.33 bits per heavy atom. The second-order valence-corrected chi connectivity index (χ2v) is 4.01. The molecule has 0 fully saturated rings. The SMILES string of the molecule is CCC(C)(CN)C(=O)CCCC(F)(F)F. The van der Waals surface area contributed by atoms with Gasteiger partial charge in [0.2, 0.25) is 0 Å². The first-order chi connectivity index (χ1) is 6.75. The van der Waals surface area contributed by atoms with E-state index in [-0.39, 0.29) is 25.2 Å². The molecule has 0 aromatic heterocycles. The second kappa shape index (κ2) is 5.49. The molecule has 2 N–H and O–H groups in total. The summed E-state index contributed by atoms with van der Waals surface area (Å²) < 4.78 is 35.5. The monoisotopic (exact) mass is 225 g/mol. The van der Waals surface area contributed by atoms with Gasteiger partial charge < -0.3 is 5.73 Å². The Bertz CT molecular complexity index is 209. The summed E-state index contributed by atoms with van der Waals surface area (Å²) in [7, 11) is 0. The predicted octanol–water partition coefficient (Wildman–Crippen LogP) is 2.66. The molecular formula is C10H18F3NO. The summed E-state index contributed by atoms with van der Waals surface area (Å²) in [6.45, 7) is 3.70. The summed E-state index contributed by atoms with van der Waals surface area (Å²) in [6, 6.07) is 0. The summed E-state index contributed by atoms with van der Waals surface area (Å²) in [5.41, 5.74) is 4.77. The third kappa shape index (κ3) is 5.16. The lowest BCUT2D eigenvalue weighted by Crippen LogP contribution is -2.35. The molecule has 0 radical (unpaired) electrons. The van der Waals surface area contributed by atoms with E-state index in [0.29, 0.717) is 6.42 Å². The Kier molecular flexibility index (Phi) is 5.28. The van der Waals surface area contributed by atoms with E-state index in [1.54, 1.807) is 6.92 Å². The van der Waals surface area contributed by atoms with Crippen LogP contribution in [0.4, 0.5) is 13.2 Å². The van der Waals surface area contributed by atoms with Gasteiger partial charge in [-0.1, -0.05) is 13.8 Å². The minimum absolute atomic E-state index is 0.0406. The lowest BCUT2D eigenvalue weighted by atomic mass is 9.81. The molecule has 0 saturated heterocycles. The molecule has 0 saturated carbocycles. The van der Waals surface area contributed by atoms with Crippen molar-refractivity contribution >= 4 is 5.78 Å². The van der Waals surface area contributed by atoms with Crippen molar-refractivity contribution in [3.8, 4) is 0 Å². The van der Waals surface area contributed by atoms with E-state index < -0.39 is 18.0 Å². The van der Waals surface area contributed by atoms with E-state index in [2.05, 4.69) is 0 Å². The average Bonchev–Trinajstić information content (AvgIpc) is 2.14. The Morgan fingerprint density at radius 2 is 1.87 bits per heavy atom. The molecule has 90 valence electrons. The molecule has 0 bridgehead atoms. The van der Waals surface area contributed by atoms with Crippen LogP contribution in [0.2, 0.25) is 0 Å². The van der Waals surface area contributed by atoms with Crippen molar-refractivity contribution in [1.29, 1.82) is 0 Å². The minimum atomic E-state index is -4.17. The van der Waals surface area contributed by atoms with Gasteiger partial charge in [-0.2, -0.15) is 13.2 Å². The van der Waals surface area contributed by atoms with Crippen LogP contribution < -0.4 is 5.73 Å². The van der Waals surface area contributed by atoms with E-state index in [1.165, 1.54) is 0 Å². The molecule has 0 amide bonds. The zero-order chi connectivity index (χ0) is 12.1. The van der Waals surface area contributed by atoms with Crippen LogP contribution in [0, 0.1) is 5.41 Å². The number of carbonyl (C=O) groups excluding carboxylic acids is 1. The number of Topliss-reactive ketones (excluding diaryl/α,β-unsaturated/α-hetero) is 1. The predicted molar refractivity (Wildman–Crippen MR) is 52.4 cm³/mol. The van der Waals surface area contributed by atoms with Gasteiger partial charge in [-0.15, -0.1) is 0 Å². The van der Waals surface area contributed by atoms with E-state index >= 15 is 0 Å². The van der Waals surface area contributed by atoms with Crippen LogP contribution in [0.1, 0.15) is 39.5 Å². The highest BCUT2D eigenvalue weighted by molar-refractivity contribution is 5.84. The Balaban J connectivity index is 4.04. The number of rotatable bonds is 6. The molecular weight excluding hydrogens is 207 g/mol. The largest absolute Gasteiger partial charge is 0.389 e. The number of hydrogen-bond acceptors (Lipinski definition) is 2. The fraction of sp³-hybridized carbons (Fsp3) is 0.900. The van der Waals surface area contributed by atoms with Gasteiger partial charge in [-0.25, -0.2) is 0 Å². The molecule has 5 heteroatoms. The standard InChI is InChI=1S/C10H18F3NO/c1-3-9(2,7-14)8(15)5-4-6-10(11,12)13/h3-7,14H2,1-2H3. The van der Waals surface area contributed by atoms with Crippen LogP contribution in [0.15, 0.2) is 0 Å². The lowest BCUT2D eigenvalue weighted by Gasteiger charge is -2.24. The van der Waals surface area contributed by atoms with Gasteiger partial charge in [0.15, 0.2) is 0 Å². The van der Waals surface area contributed by atoms with Crippen molar-refractivity contribution in [2.24, 2.45) is 11.1 Å². The quantitative estimate of drug-likeness (QED) is 0.755. The molecule has 0 spiro atoms. The molecule has 0 rings (SSSR count). The molecule has 0 aromatic carbocycles. The van der Waals surface area contributed by atoms with Gasteiger partial charge >= 0.3 is 6.18 Å². The maximum atomic E-state index is 11.8. The normalized spacial score (nSPS) is 16.1. The van der Waals surface area contributed by atoms with Gasteiger partial charge in [0.1, 0.15) is 5.78 Å². The van der Waals surface area contributed by atoms with Gasteiger partial charge in [-0.3, -0.25) is 4.79 Å². The summed E-state index contributed by atoms with van der Waals surface area (Å²) >= 11 is 0. The molecule has 2 nitrogen and oxygen atoms in total. The van der Waals surface area contributed by atoms with Crippen LogP contribution in [-0.2, 0) is 4.79 Å². The second-order valence-electron chi connectivity index (χ2n) is 4.01. The summed E-state index contributed by atoms with van der Waals surface area (Å²) in [5.74, 6) is -0.170. The molecule has 1 atom stereocenters. The highest BCUT2D eigenvalue weighted by Gasteiger charge is 2.31. The van der Waals surface area contributed by atoms with Crippen LogP contribution in [0.25, 0.3) is 0 Å².